The van der Waals surface area contributed by atoms with Gasteiger partial charge in [-0.1, -0.05) is 0 Å². The molecule has 0 saturated carbocycles. The van der Waals surface area contributed by atoms with Crippen LogP contribution in [0.25, 0.3) is 0 Å². The van der Waals surface area contributed by atoms with E-state index in [-0.39, 0.29) is 17.9 Å². The first kappa shape index (κ1) is 25.4. The Hall–Kier alpha value is -3.27. The first-order valence-electron chi connectivity index (χ1n) is 11.0. The molecule has 1 aliphatic rings. The topological polar surface area (TPSA) is 109 Å². The number of methoxy groups -OCH3 is 3. The number of hydrogen-bond donors (Lipinski definition) is 1. The van der Waals surface area contributed by atoms with Crippen molar-refractivity contribution in [3.8, 4) is 17.2 Å². The van der Waals surface area contributed by atoms with E-state index in [4.69, 9.17) is 23.7 Å². The summed E-state index contributed by atoms with van der Waals surface area (Å²) in [5, 5.41) is 3.18. The highest BCUT2D eigenvalue weighted by molar-refractivity contribution is 7.17. The van der Waals surface area contributed by atoms with Gasteiger partial charge in [-0.3, -0.25) is 4.79 Å². The van der Waals surface area contributed by atoms with Crippen molar-refractivity contribution in [2.75, 3.05) is 33.3 Å². The maximum Gasteiger partial charge on any atom is 0.342 e. The van der Waals surface area contributed by atoms with Gasteiger partial charge in [-0.2, -0.15) is 0 Å². The zero-order valence-electron chi connectivity index (χ0n) is 19.9. The van der Waals surface area contributed by atoms with Crippen LogP contribution >= 0.6 is 11.3 Å². The number of anilines is 1. The molecule has 0 radical (unpaired) electrons. The molecule has 1 N–H and O–H groups in total. The summed E-state index contributed by atoms with van der Waals surface area (Å²) in [6.45, 7) is 3.43. The molecule has 0 saturated heterocycles. The molecule has 1 unspecified atom stereocenters. The number of esters is 2. The summed E-state index contributed by atoms with van der Waals surface area (Å²) in [4.78, 5) is 39.4. The predicted molar refractivity (Wildman–Crippen MR) is 127 cm³/mol. The van der Waals surface area contributed by atoms with E-state index in [2.05, 4.69) is 5.32 Å². The molecule has 9 nitrogen and oxygen atoms in total. The number of hydrogen-bond acceptors (Lipinski definition) is 9. The molecule has 0 spiro atoms. The number of aryl methyl sites for hydroxylation is 1. The van der Waals surface area contributed by atoms with Crippen LogP contribution in [0.3, 0.4) is 0 Å². The van der Waals surface area contributed by atoms with Gasteiger partial charge in [0.2, 0.25) is 0 Å². The van der Waals surface area contributed by atoms with Gasteiger partial charge >= 0.3 is 11.9 Å². The lowest BCUT2D eigenvalue weighted by Gasteiger charge is -2.16. The molecule has 0 fully saturated rings. The lowest BCUT2D eigenvalue weighted by molar-refractivity contribution is -0.123. The van der Waals surface area contributed by atoms with Gasteiger partial charge in [0.05, 0.1) is 33.5 Å². The van der Waals surface area contributed by atoms with Gasteiger partial charge in [0.15, 0.2) is 17.6 Å². The van der Waals surface area contributed by atoms with Gasteiger partial charge in [-0.15, -0.1) is 11.3 Å². The number of benzene rings is 1. The average molecular weight is 492 g/mol. The number of amides is 1. The molecular weight excluding hydrogens is 462 g/mol. The number of carbonyl (C=O) groups is 3. The van der Waals surface area contributed by atoms with Gasteiger partial charge in [0.1, 0.15) is 16.3 Å². The third-order valence-corrected chi connectivity index (χ3v) is 6.67. The van der Waals surface area contributed by atoms with Crippen molar-refractivity contribution in [1.29, 1.82) is 0 Å². The summed E-state index contributed by atoms with van der Waals surface area (Å²) in [5.74, 6) is -0.873. The highest BCUT2D eigenvalue weighted by Gasteiger charge is 2.29. The van der Waals surface area contributed by atoms with Crippen molar-refractivity contribution in [2.24, 2.45) is 0 Å². The number of ether oxygens (including phenoxy) is 5. The molecule has 0 bridgehead atoms. The molecule has 1 aliphatic carbocycles. The van der Waals surface area contributed by atoms with Crippen LogP contribution in [0.15, 0.2) is 12.1 Å². The largest absolute Gasteiger partial charge is 0.496 e. The van der Waals surface area contributed by atoms with Crippen LogP contribution in [0.1, 0.15) is 57.8 Å². The van der Waals surface area contributed by atoms with Crippen LogP contribution < -0.4 is 19.5 Å². The van der Waals surface area contributed by atoms with E-state index in [1.54, 1.807) is 6.92 Å². The van der Waals surface area contributed by atoms with E-state index in [1.807, 2.05) is 0 Å². The third-order valence-electron chi connectivity index (χ3n) is 5.47. The predicted octanol–water partition coefficient (Wildman–Crippen LogP) is 4.01. The number of rotatable bonds is 9. The summed E-state index contributed by atoms with van der Waals surface area (Å²) in [7, 11) is 4.32. The summed E-state index contributed by atoms with van der Waals surface area (Å²) < 4.78 is 26.4. The van der Waals surface area contributed by atoms with Gasteiger partial charge < -0.3 is 29.0 Å². The van der Waals surface area contributed by atoms with Gasteiger partial charge in [0, 0.05) is 17.0 Å². The normalized spacial score (nSPS) is 13.3. The zero-order chi connectivity index (χ0) is 24.8. The summed E-state index contributed by atoms with van der Waals surface area (Å²) in [6.07, 6.45) is 2.49. The SMILES string of the molecule is CCOC(=O)c1c(NC(=O)C(C)OC(=O)c2cc(OC)c(OC)cc2OC)sc2c1CCCC2. The molecule has 1 amide bonds. The molecular formula is C24H29NO8S. The van der Waals surface area contributed by atoms with E-state index in [0.717, 1.165) is 36.1 Å². The number of carbonyl (C=O) groups excluding carboxylic acids is 3. The monoisotopic (exact) mass is 491 g/mol. The standard InChI is InChI=1S/C24H29NO8S/c1-6-32-24(28)20-14-9-7-8-10-19(14)34-22(20)25-21(26)13(2)33-23(27)15-11-17(30-4)18(31-5)12-16(15)29-3/h11-13H,6-10H2,1-5H3,(H,25,26). The van der Waals surface area contributed by atoms with E-state index in [0.29, 0.717) is 22.1 Å². The molecule has 0 aliphatic heterocycles. The van der Waals surface area contributed by atoms with Crippen LogP contribution in [0.4, 0.5) is 5.00 Å². The fraction of sp³-hybridized carbons (Fsp3) is 0.458. The summed E-state index contributed by atoms with van der Waals surface area (Å²) in [5.41, 5.74) is 1.42. The number of fused-ring (bicyclic) bond motifs is 1. The Balaban J connectivity index is 1.79. The molecule has 2 aromatic rings. The quantitative estimate of drug-likeness (QED) is 0.524. The van der Waals surface area contributed by atoms with Crippen molar-refractivity contribution >= 4 is 34.2 Å². The first-order valence-corrected chi connectivity index (χ1v) is 11.8. The van der Waals surface area contributed by atoms with Crippen LogP contribution in [-0.2, 0) is 27.1 Å². The van der Waals surface area contributed by atoms with Gasteiger partial charge in [-0.25, -0.2) is 9.59 Å². The van der Waals surface area contributed by atoms with Gasteiger partial charge in [-0.05, 0) is 45.1 Å². The Morgan fingerprint density at radius 3 is 2.26 bits per heavy atom. The molecule has 10 heteroatoms. The highest BCUT2D eigenvalue weighted by Crippen LogP contribution is 2.39. The van der Waals surface area contributed by atoms with E-state index < -0.39 is 23.9 Å². The summed E-state index contributed by atoms with van der Waals surface area (Å²) >= 11 is 1.37. The van der Waals surface area contributed by atoms with Crippen molar-refractivity contribution in [1.82, 2.24) is 0 Å². The maximum absolute atomic E-state index is 12.9. The number of thiophene rings is 1. The van der Waals surface area contributed by atoms with Crippen molar-refractivity contribution < 1.29 is 38.1 Å². The smallest absolute Gasteiger partial charge is 0.342 e. The lowest BCUT2D eigenvalue weighted by Crippen LogP contribution is -2.30. The van der Waals surface area contributed by atoms with E-state index in [9.17, 15) is 14.4 Å². The van der Waals surface area contributed by atoms with Crippen LogP contribution in [0, 0.1) is 0 Å². The van der Waals surface area contributed by atoms with Crippen LogP contribution in [0.2, 0.25) is 0 Å². The summed E-state index contributed by atoms with van der Waals surface area (Å²) in [6, 6.07) is 2.93. The Kier molecular flexibility index (Phi) is 8.38. The molecule has 1 aromatic carbocycles. The lowest BCUT2D eigenvalue weighted by atomic mass is 9.95. The maximum atomic E-state index is 12.9. The molecule has 184 valence electrons. The molecule has 34 heavy (non-hydrogen) atoms. The Labute approximate surface area is 202 Å². The minimum absolute atomic E-state index is 0.0820. The molecule has 1 aromatic heterocycles. The zero-order valence-corrected chi connectivity index (χ0v) is 20.8. The minimum Gasteiger partial charge on any atom is -0.496 e. The fourth-order valence-electron chi connectivity index (χ4n) is 3.75. The Bertz CT molecular complexity index is 1080. The van der Waals surface area contributed by atoms with Crippen molar-refractivity contribution in [3.05, 3.63) is 33.7 Å². The van der Waals surface area contributed by atoms with Crippen LogP contribution in [-0.4, -0.2) is 51.9 Å². The average Bonchev–Trinajstić information content (AvgIpc) is 3.20. The Morgan fingerprint density at radius 1 is 0.971 bits per heavy atom. The van der Waals surface area contributed by atoms with E-state index >= 15 is 0 Å². The van der Waals surface area contributed by atoms with E-state index in [1.165, 1.54) is 51.7 Å². The highest BCUT2D eigenvalue weighted by atomic mass is 32.1. The van der Waals surface area contributed by atoms with Crippen molar-refractivity contribution in [2.45, 2.75) is 45.6 Å². The first-order chi connectivity index (χ1) is 16.3. The molecule has 1 atom stereocenters. The second-order valence-electron chi connectivity index (χ2n) is 7.58. The Morgan fingerprint density at radius 2 is 1.62 bits per heavy atom. The molecule has 3 rings (SSSR count). The van der Waals surface area contributed by atoms with Gasteiger partial charge in [0.25, 0.3) is 5.91 Å². The van der Waals surface area contributed by atoms with Crippen molar-refractivity contribution in [3.63, 3.8) is 0 Å². The second kappa shape index (κ2) is 11.2. The molecule has 1 heterocycles. The fourth-order valence-corrected chi connectivity index (χ4v) is 5.03. The third kappa shape index (κ3) is 5.27. The minimum atomic E-state index is -1.14. The second-order valence-corrected chi connectivity index (χ2v) is 8.68. The van der Waals surface area contributed by atoms with Crippen LogP contribution in [0.5, 0.6) is 17.2 Å². The number of nitrogens with one attached hydrogen (secondary N) is 1.